The van der Waals surface area contributed by atoms with Crippen LogP contribution in [0.1, 0.15) is 41.8 Å². The summed E-state index contributed by atoms with van der Waals surface area (Å²) < 4.78 is 5.67. The number of hydrogen-bond acceptors (Lipinski definition) is 3. The fourth-order valence-electron chi connectivity index (χ4n) is 2.76. The Morgan fingerprint density at radius 1 is 1.38 bits per heavy atom. The number of carbonyl (C=O) groups excluding carboxylic acids is 1. The van der Waals surface area contributed by atoms with Gasteiger partial charge in [-0.05, 0) is 48.7 Å². The summed E-state index contributed by atoms with van der Waals surface area (Å²) in [5.41, 5.74) is 4.26. The van der Waals surface area contributed by atoms with E-state index in [1.54, 1.807) is 6.26 Å². The third-order valence-corrected chi connectivity index (χ3v) is 3.85. The first kappa shape index (κ1) is 13.9. The number of nitrogens with one attached hydrogen (secondary N) is 2. The van der Waals surface area contributed by atoms with Crippen molar-refractivity contribution in [2.45, 2.75) is 32.7 Å². The van der Waals surface area contributed by atoms with E-state index in [-0.39, 0.29) is 11.9 Å². The summed E-state index contributed by atoms with van der Waals surface area (Å²) in [5.74, 6) is 1.01. The number of aryl methyl sites for hydroxylation is 1. The predicted octanol–water partition coefficient (Wildman–Crippen LogP) is 3.17. The molecule has 1 aliphatic heterocycles. The Morgan fingerprint density at radius 3 is 2.95 bits per heavy atom. The molecule has 2 N–H and O–H groups in total. The van der Waals surface area contributed by atoms with E-state index in [1.807, 2.05) is 12.1 Å². The minimum Gasteiger partial charge on any atom is -0.467 e. The number of fused-ring (bicyclic) bond motifs is 1. The predicted molar refractivity (Wildman–Crippen MR) is 82.4 cm³/mol. The van der Waals surface area contributed by atoms with E-state index in [0.29, 0.717) is 6.42 Å². The normalized spacial score (nSPS) is 14.9. The van der Waals surface area contributed by atoms with Crippen molar-refractivity contribution in [1.82, 2.24) is 5.32 Å². The number of hydrogen-bond donors (Lipinski definition) is 2. The summed E-state index contributed by atoms with van der Waals surface area (Å²) in [6.07, 6.45) is 3.24. The van der Waals surface area contributed by atoms with Crippen molar-refractivity contribution >= 4 is 11.6 Å². The van der Waals surface area contributed by atoms with Crippen LogP contribution in [0.4, 0.5) is 5.69 Å². The molecule has 1 aromatic heterocycles. The van der Waals surface area contributed by atoms with Crippen LogP contribution in [0.3, 0.4) is 0 Å². The Balaban J connectivity index is 1.95. The monoisotopic (exact) mass is 284 g/mol. The Morgan fingerprint density at radius 2 is 2.24 bits per heavy atom. The summed E-state index contributed by atoms with van der Waals surface area (Å²) in [5, 5.41) is 6.40. The summed E-state index contributed by atoms with van der Waals surface area (Å²) >= 11 is 0. The van der Waals surface area contributed by atoms with Crippen LogP contribution in [0.15, 0.2) is 34.9 Å². The number of carbonyl (C=O) groups is 1. The Bertz CT molecular complexity index is 661. The highest BCUT2D eigenvalue weighted by Crippen LogP contribution is 2.31. The van der Waals surface area contributed by atoms with Gasteiger partial charge >= 0.3 is 0 Å². The zero-order valence-corrected chi connectivity index (χ0v) is 12.4. The first-order valence-corrected chi connectivity index (χ1v) is 7.39. The first-order valence-electron chi connectivity index (χ1n) is 7.39. The van der Waals surface area contributed by atoms with E-state index in [4.69, 9.17) is 4.42 Å². The number of amides is 1. The summed E-state index contributed by atoms with van der Waals surface area (Å²) in [4.78, 5) is 11.5. The second-order valence-electron chi connectivity index (χ2n) is 5.50. The third-order valence-electron chi connectivity index (χ3n) is 3.85. The molecular formula is C17H20N2O2. The van der Waals surface area contributed by atoms with Gasteiger partial charge in [-0.1, -0.05) is 19.1 Å². The molecule has 1 aliphatic rings. The van der Waals surface area contributed by atoms with Crippen LogP contribution in [0.5, 0.6) is 0 Å². The molecule has 4 nitrogen and oxygen atoms in total. The minimum atomic E-state index is 0.0287. The number of furan rings is 1. The van der Waals surface area contributed by atoms with E-state index in [1.165, 1.54) is 0 Å². The Kier molecular flexibility index (Phi) is 3.80. The molecule has 2 aromatic rings. The molecule has 4 heteroatoms. The maximum Gasteiger partial charge on any atom is 0.228 e. The molecule has 0 saturated carbocycles. The fraction of sp³-hybridized carbons (Fsp3) is 0.353. The summed E-state index contributed by atoms with van der Waals surface area (Å²) in [6.45, 7) is 5.11. The van der Waals surface area contributed by atoms with Gasteiger partial charge in [-0.3, -0.25) is 4.79 Å². The van der Waals surface area contributed by atoms with Crippen LogP contribution in [0.25, 0.3) is 0 Å². The maximum absolute atomic E-state index is 11.5. The van der Waals surface area contributed by atoms with Crippen LogP contribution in [-0.2, 0) is 11.2 Å². The van der Waals surface area contributed by atoms with Gasteiger partial charge in [0.1, 0.15) is 5.76 Å². The van der Waals surface area contributed by atoms with Crippen molar-refractivity contribution < 1.29 is 9.21 Å². The fourth-order valence-corrected chi connectivity index (χ4v) is 2.76. The van der Waals surface area contributed by atoms with Crippen molar-refractivity contribution in [3.05, 3.63) is 53.0 Å². The standard InChI is InChI=1S/C17H20N2O2/c1-3-7-18-16(17-11(2)6-8-21-17)12-4-5-14-13(9-12)10-15(20)19-14/h4-6,8-9,16,18H,3,7,10H2,1-2H3,(H,19,20). The van der Waals surface area contributed by atoms with Crippen molar-refractivity contribution in [1.29, 1.82) is 0 Å². The lowest BCUT2D eigenvalue weighted by Gasteiger charge is -2.18. The van der Waals surface area contributed by atoms with Crippen molar-refractivity contribution in [3.63, 3.8) is 0 Å². The highest BCUT2D eigenvalue weighted by atomic mass is 16.3. The smallest absolute Gasteiger partial charge is 0.228 e. The lowest BCUT2D eigenvalue weighted by molar-refractivity contribution is -0.115. The highest BCUT2D eigenvalue weighted by Gasteiger charge is 2.23. The van der Waals surface area contributed by atoms with Gasteiger partial charge in [-0.15, -0.1) is 0 Å². The molecule has 1 atom stereocenters. The Labute approximate surface area is 124 Å². The molecule has 21 heavy (non-hydrogen) atoms. The molecule has 0 fully saturated rings. The van der Waals surface area contributed by atoms with E-state index < -0.39 is 0 Å². The van der Waals surface area contributed by atoms with Crippen LogP contribution >= 0.6 is 0 Å². The molecular weight excluding hydrogens is 264 g/mol. The van der Waals surface area contributed by atoms with Crippen LogP contribution in [0.2, 0.25) is 0 Å². The molecule has 2 heterocycles. The van der Waals surface area contributed by atoms with Crippen LogP contribution < -0.4 is 10.6 Å². The van der Waals surface area contributed by atoms with Gasteiger partial charge < -0.3 is 15.1 Å². The molecule has 0 bridgehead atoms. The highest BCUT2D eigenvalue weighted by molar-refractivity contribution is 5.99. The molecule has 0 radical (unpaired) electrons. The lowest BCUT2D eigenvalue weighted by Crippen LogP contribution is -2.23. The quantitative estimate of drug-likeness (QED) is 0.886. The van der Waals surface area contributed by atoms with Crippen molar-refractivity contribution in [2.75, 3.05) is 11.9 Å². The topological polar surface area (TPSA) is 54.3 Å². The molecule has 1 amide bonds. The second kappa shape index (κ2) is 5.74. The average molecular weight is 284 g/mol. The second-order valence-corrected chi connectivity index (χ2v) is 5.50. The zero-order valence-electron chi connectivity index (χ0n) is 12.4. The largest absolute Gasteiger partial charge is 0.467 e. The van der Waals surface area contributed by atoms with Gasteiger partial charge in [0.2, 0.25) is 5.91 Å². The maximum atomic E-state index is 11.5. The van der Waals surface area contributed by atoms with Gasteiger partial charge in [-0.2, -0.15) is 0 Å². The van der Waals surface area contributed by atoms with E-state index in [0.717, 1.165) is 41.1 Å². The molecule has 3 rings (SSSR count). The van der Waals surface area contributed by atoms with E-state index >= 15 is 0 Å². The average Bonchev–Trinajstić information content (AvgIpc) is 3.04. The minimum absolute atomic E-state index is 0.0287. The van der Waals surface area contributed by atoms with E-state index in [9.17, 15) is 4.79 Å². The number of benzene rings is 1. The van der Waals surface area contributed by atoms with Gasteiger partial charge in [0.05, 0.1) is 18.7 Å². The summed E-state index contributed by atoms with van der Waals surface area (Å²) in [7, 11) is 0. The molecule has 110 valence electrons. The van der Waals surface area contributed by atoms with Crippen LogP contribution in [0, 0.1) is 6.92 Å². The summed E-state index contributed by atoms with van der Waals surface area (Å²) in [6, 6.07) is 8.14. The van der Waals surface area contributed by atoms with Gasteiger partial charge in [-0.25, -0.2) is 0 Å². The van der Waals surface area contributed by atoms with E-state index in [2.05, 4.69) is 36.6 Å². The molecule has 0 spiro atoms. The molecule has 0 saturated heterocycles. The third kappa shape index (κ3) is 2.72. The number of anilines is 1. The van der Waals surface area contributed by atoms with Gasteiger partial charge in [0.25, 0.3) is 0 Å². The van der Waals surface area contributed by atoms with Gasteiger partial charge in [0, 0.05) is 5.69 Å². The Hall–Kier alpha value is -2.07. The van der Waals surface area contributed by atoms with Crippen molar-refractivity contribution in [2.24, 2.45) is 0 Å². The molecule has 0 aliphatic carbocycles. The first-order chi connectivity index (χ1) is 10.2. The van der Waals surface area contributed by atoms with Crippen LogP contribution in [-0.4, -0.2) is 12.5 Å². The number of rotatable bonds is 5. The lowest BCUT2D eigenvalue weighted by atomic mass is 9.98. The van der Waals surface area contributed by atoms with Gasteiger partial charge in [0.15, 0.2) is 0 Å². The van der Waals surface area contributed by atoms with Crippen molar-refractivity contribution in [3.8, 4) is 0 Å². The molecule has 1 aromatic carbocycles. The SMILES string of the molecule is CCCNC(c1ccc2c(c1)CC(=O)N2)c1occc1C. The molecule has 1 unspecified atom stereocenters. The zero-order chi connectivity index (χ0) is 14.8.